The van der Waals surface area contributed by atoms with Gasteiger partial charge in [0, 0.05) is 11.6 Å². The van der Waals surface area contributed by atoms with E-state index in [4.69, 9.17) is 8.83 Å². The average molecular weight is 136 g/mol. The Labute approximate surface area is 56.2 Å². The maximum atomic E-state index is 10.6. The first-order valence-electron chi connectivity index (χ1n) is 2.82. The zero-order valence-corrected chi connectivity index (χ0v) is 5.03. The highest BCUT2D eigenvalue weighted by Crippen LogP contribution is 2.17. The molecular weight excluding hydrogens is 132 g/mol. The van der Waals surface area contributed by atoms with Crippen LogP contribution in [0.2, 0.25) is 0 Å². The summed E-state index contributed by atoms with van der Waals surface area (Å²) in [5.74, 6) is 0.493. The molecule has 0 saturated carbocycles. The number of rotatable bonds is 0. The molecule has 2 aliphatic heterocycles. The van der Waals surface area contributed by atoms with Crippen LogP contribution >= 0.6 is 0 Å². The molecule has 0 atom stereocenters. The molecule has 0 saturated heterocycles. The SMILES string of the molecule is O=c1cc2ccocc-2o1. The highest BCUT2D eigenvalue weighted by atomic mass is 16.4. The van der Waals surface area contributed by atoms with E-state index in [1.54, 1.807) is 6.07 Å². The van der Waals surface area contributed by atoms with Crippen LogP contribution in [0, 0.1) is 0 Å². The second-order valence-electron chi connectivity index (χ2n) is 1.94. The van der Waals surface area contributed by atoms with Crippen LogP contribution in [-0.2, 0) is 0 Å². The summed E-state index contributed by atoms with van der Waals surface area (Å²) >= 11 is 0. The summed E-state index contributed by atoms with van der Waals surface area (Å²) in [6.45, 7) is 0. The lowest BCUT2D eigenvalue weighted by molar-refractivity contribution is 0.493. The van der Waals surface area contributed by atoms with Crippen molar-refractivity contribution >= 4 is 0 Å². The Morgan fingerprint density at radius 3 is 3.10 bits per heavy atom. The molecule has 10 heavy (non-hydrogen) atoms. The van der Waals surface area contributed by atoms with Crippen LogP contribution < -0.4 is 5.63 Å². The van der Waals surface area contributed by atoms with Crippen LogP contribution in [0.5, 0.6) is 0 Å². The van der Waals surface area contributed by atoms with Gasteiger partial charge in [0.25, 0.3) is 0 Å². The average Bonchev–Trinajstić information content (AvgIpc) is 2.27. The quantitative estimate of drug-likeness (QED) is 0.548. The summed E-state index contributed by atoms with van der Waals surface area (Å²) in [4.78, 5) is 10.6. The van der Waals surface area contributed by atoms with Crippen molar-refractivity contribution in [2.24, 2.45) is 0 Å². The van der Waals surface area contributed by atoms with Gasteiger partial charge in [-0.25, -0.2) is 4.79 Å². The summed E-state index contributed by atoms with van der Waals surface area (Å²) < 4.78 is 9.49. The number of furan rings is 1. The van der Waals surface area contributed by atoms with Gasteiger partial charge in [0.2, 0.25) is 0 Å². The van der Waals surface area contributed by atoms with Crippen molar-refractivity contribution in [3.8, 4) is 11.3 Å². The zero-order valence-electron chi connectivity index (χ0n) is 5.03. The predicted molar refractivity (Wildman–Crippen MR) is 33.9 cm³/mol. The van der Waals surface area contributed by atoms with E-state index in [1.807, 2.05) is 0 Å². The lowest BCUT2D eigenvalue weighted by Crippen LogP contribution is -1.83. The van der Waals surface area contributed by atoms with Gasteiger partial charge in [-0.2, -0.15) is 0 Å². The van der Waals surface area contributed by atoms with E-state index >= 15 is 0 Å². The van der Waals surface area contributed by atoms with Crippen LogP contribution in [0.1, 0.15) is 0 Å². The maximum absolute atomic E-state index is 10.6. The van der Waals surface area contributed by atoms with Gasteiger partial charge in [-0.1, -0.05) is 0 Å². The molecule has 0 aromatic heterocycles. The molecule has 2 rings (SSSR count). The second kappa shape index (κ2) is 1.73. The van der Waals surface area contributed by atoms with E-state index < -0.39 is 0 Å². The van der Waals surface area contributed by atoms with E-state index in [1.165, 1.54) is 18.6 Å². The third-order valence-electron chi connectivity index (χ3n) is 1.27. The van der Waals surface area contributed by atoms with E-state index in [-0.39, 0.29) is 5.63 Å². The van der Waals surface area contributed by atoms with Crippen molar-refractivity contribution in [2.45, 2.75) is 0 Å². The molecule has 0 aromatic carbocycles. The minimum absolute atomic E-state index is 0.337. The first-order chi connectivity index (χ1) is 4.86. The van der Waals surface area contributed by atoms with Crippen molar-refractivity contribution in [3.63, 3.8) is 0 Å². The van der Waals surface area contributed by atoms with Gasteiger partial charge in [-0.15, -0.1) is 0 Å². The molecule has 0 fully saturated rings. The predicted octanol–water partition coefficient (Wildman–Crippen LogP) is 1.34. The van der Waals surface area contributed by atoms with Crippen molar-refractivity contribution < 1.29 is 8.83 Å². The zero-order chi connectivity index (χ0) is 6.97. The fourth-order valence-electron chi connectivity index (χ4n) is 0.831. The number of fused-ring (bicyclic) bond motifs is 1. The van der Waals surface area contributed by atoms with Gasteiger partial charge in [0.1, 0.15) is 6.26 Å². The molecule has 50 valence electrons. The Morgan fingerprint density at radius 1 is 1.40 bits per heavy atom. The minimum atomic E-state index is -0.337. The van der Waals surface area contributed by atoms with Gasteiger partial charge in [0.05, 0.1) is 6.26 Å². The standard InChI is InChI=1S/C7H4O3/c8-7-3-5-1-2-9-4-6(5)10-7/h1-4H. The molecule has 0 amide bonds. The molecule has 2 heterocycles. The van der Waals surface area contributed by atoms with Crippen LogP contribution in [0.15, 0.2) is 38.3 Å². The van der Waals surface area contributed by atoms with Crippen LogP contribution in [0.3, 0.4) is 0 Å². The van der Waals surface area contributed by atoms with Crippen LogP contribution in [-0.4, -0.2) is 0 Å². The Kier molecular flexibility index (Phi) is 0.917. The molecule has 0 aliphatic carbocycles. The Bertz CT molecular complexity index is 324. The monoisotopic (exact) mass is 136 g/mol. The van der Waals surface area contributed by atoms with Crippen LogP contribution in [0.4, 0.5) is 0 Å². The molecule has 0 unspecified atom stereocenters. The lowest BCUT2D eigenvalue weighted by atomic mass is 10.2. The largest absolute Gasteiger partial charge is 0.469 e. The Balaban J connectivity index is 2.88. The molecule has 0 radical (unpaired) electrons. The fourth-order valence-corrected chi connectivity index (χ4v) is 0.831. The topological polar surface area (TPSA) is 43.4 Å². The van der Waals surface area contributed by atoms with Crippen LogP contribution in [0.25, 0.3) is 11.3 Å². The summed E-state index contributed by atoms with van der Waals surface area (Å²) in [7, 11) is 0. The van der Waals surface area contributed by atoms with E-state index in [2.05, 4.69) is 0 Å². The normalized spacial score (nSPS) is 10.4. The smallest absolute Gasteiger partial charge is 0.337 e. The molecule has 3 nitrogen and oxygen atoms in total. The molecule has 0 N–H and O–H groups in total. The summed E-state index contributed by atoms with van der Waals surface area (Å²) in [6.07, 6.45) is 2.90. The fraction of sp³-hybridized carbons (Fsp3) is 0. The van der Waals surface area contributed by atoms with Gasteiger partial charge >= 0.3 is 5.63 Å². The third-order valence-corrected chi connectivity index (χ3v) is 1.27. The van der Waals surface area contributed by atoms with Crippen molar-refractivity contribution in [2.75, 3.05) is 0 Å². The van der Waals surface area contributed by atoms with Gasteiger partial charge in [0.15, 0.2) is 5.76 Å². The summed E-state index contributed by atoms with van der Waals surface area (Å²) in [6, 6.07) is 3.10. The lowest BCUT2D eigenvalue weighted by Gasteiger charge is -1.88. The minimum Gasteiger partial charge on any atom is -0.469 e. The second-order valence-corrected chi connectivity index (χ2v) is 1.94. The van der Waals surface area contributed by atoms with E-state index in [9.17, 15) is 4.79 Å². The maximum Gasteiger partial charge on any atom is 0.337 e. The number of hydrogen-bond acceptors (Lipinski definition) is 3. The first kappa shape index (κ1) is 5.29. The molecular formula is C7H4O3. The highest BCUT2D eigenvalue weighted by molar-refractivity contribution is 5.55. The molecule has 0 aromatic rings. The Morgan fingerprint density at radius 2 is 2.30 bits per heavy atom. The van der Waals surface area contributed by atoms with E-state index in [0.717, 1.165) is 5.56 Å². The van der Waals surface area contributed by atoms with E-state index in [0.29, 0.717) is 5.76 Å². The molecule has 0 bridgehead atoms. The molecule has 2 aliphatic rings. The van der Waals surface area contributed by atoms with Gasteiger partial charge < -0.3 is 8.83 Å². The van der Waals surface area contributed by atoms with Crippen molar-refractivity contribution in [1.29, 1.82) is 0 Å². The van der Waals surface area contributed by atoms with Crippen molar-refractivity contribution in [1.82, 2.24) is 0 Å². The van der Waals surface area contributed by atoms with Gasteiger partial charge in [-0.05, 0) is 6.07 Å². The first-order valence-corrected chi connectivity index (χ1v) is 2.82. The highest BCUT2D eigenvalue weighted by Gasteiger charge is 2.05. The molecule has 3 heteroatoms. The summed E-state index contributed by atoms with van der Waals surface area (Å²) in [5, 5.41) is 0. The van der Waals surface area contributed by atoms with Crippen molar-refractivity contribution in [3.05, 3.63) is 35.1 Å². The summed E-state index contributed by atoms with van der Waals surface area (Å²) in [5.41, 5.74) is 0.438. The molecule has 0 spiro atoms. The van der Waals surface area contributed by atoms with Gasteiger partial charge in [-0.3, -0.25) is 0 Å². The number of hydrogen-bond donors (Lipinski definition) is 0. The third kappa shape index (κ3) is 0.639. The Hall–Kier alpha value is -1.51.